The van der Waals surface area contributed by atoms with Gasteiger partial charge in [0.25, 0.3) is 5.91 Å². The second-order valence-electron chi connectivity index (χ2n) is 6.32. The van der Waals surface area contributed by atoms with E-state index in [1.165, 1.54) is 5.39 Å². The van der Waals surface area contributed by atoms with Gasteiger partial charge >= 0.3 is 0 Å². The average molecular weight is 344 g/mol. The molecule has 3 aromatic carbocycles. The number of para-hydroxylation sites is 1. The van der Waals surface area contributed by atoms with Crippen molar-refractivity contribution in [2.75, 3.05) is 20.2 Å². The number of rotatable bonds is 5. The van der Waals surface area contributed by atoms with E-state index >= 15 is 0 Å². The topological polar surface area (TPSA) is 45.3 Å². The van der Waals surface area contributed by atoms with E-state index in [4.69, 9.17) is 4.74 Å². The van der Waals surface area contributed by atoms with Gasteiger partial charge in [-0.15, -0.1) is 0 Å². The van der Waals surface area contributed by atoms with Crippen LogP contribution < -0.4 is 4.74 Å². The molecule has 0 aliphatic rings. The van der Waals surface area contributed by atoms with Gasteiger partial charge in [-0.1, -0.05) is 48.5 Å². The summed E-state index contributed by atoms with van der Waals surface area (Å²) in [7, 11) is 1.79. The van der Waals surface area contributed by atoms with Gasteiger partial charge in [0.2, 0.25) is 0 Å². The van der Waals surface area contributed by atoms with Gasteiger partial charge in [0, 0.05) is 18.0 Å². The Labute approximate surface area is 152 Å². The van der Waals surface area contributed by atoms with E-state index in [2.05, 4.69) is 23.2 Å². The van der Waals surface area contributed by atoms with Crippen LogP contribution in [0.2, 0.25) is 0 Å². The van der Waals surface area contributed by atoms with Crippen molar-refractivity contribution < 1.29 is 9.53 Å². The molecule has 1 N–H and O–H groups in total. The highest BCUT2D eigenvalue weighted by molar-refractivity contribution is 6.09. The highest BCUT2D eigenvalue weighted by atomic mass is 16.5. The Hall–Kier alpha value is -3.27. The first kappa shape index (κ1) is 16.2. The fraction of sp³-hybridized carbons (Fsp3) is 0.136. The van der Waals surface area contributed by atoms with Crippen molar-refractivity contribution in [2.24, 2.45) is 0 Å². The number of amides is 1. The van der Waals surface area contributed by atoms with Crippen LogP contribution >= 0.6 is 0 Å². The predicted octanol–water partition coefficient (Wildman–Crippen LogP) is 4.47. The third-order valence-electron chi connectivity index (χ3n) is 4.54. The van der Waals surface area contributed by atoms with E-state index in [1.807, 2.05) is 54.6 Å². The van der Waals surface area contributed by atoms with Gasteiger partial charge in [0.1, 0.15) is 18.1 Å². The SMILES string of the molecule is CN(CCOc1ccccc1)C(=O)c1cc2c(ccc3ccccc32)[nH]1. The number of nitrogens with one attached hydrogen (secondary N) is 1. The Kier molecular flexibility index (Phi) is 4.32. The monoisotopic (exact) mass is 344 g/mol. The van der Waals surface area contributed by atoms with E-state index < -0.39 is 0 Å². The van der Waals surface area contributed by atoms with Crippen molar-refractivity contribution in [1.82, 2.24) is 9.88 Å². The van der Waals surface area contributed by atoms with E-state index in [0.717, 1.165) is 22.0 Å². The fourth-order valence-corrected chi connectivity index (χ4v) is 3.13. The van der Waals surface area contributed by atoms with Crippen LogP contribution in [-0.2, 0) is 0 Å². The molecule has 1 aromatic heterocycles. The van der Waals surface area contributed by atoms with Gasteiger partial charge in [-0.05, 0) is 35.0 Å². The molecular weight excluding hydrogens is 324 g/mol. The third kappa shape index (κ3) is 3.14. The second-order valence-corrected chi connectivity index (χ2v) is 6.32. The number of H-pyrrole nitrogens is 1. The molecule has 1 heterocycles. The Morgan fingerprint density at radius 2 is 1.73 bits per heavy atom. The van der Waals surface area contributed by atoms with Crippen molar-refractivity contribution in [2.45, 2.75) is 0 Å². The maximum Gasteiger partial charge on any atom is 0.270 e. The maximum absolute atomic E-state index is 12.7. The summed E-state index contributed by atoms with van der Waals surface area (Å²) < 4.78 is 5.68. The zero-order valence-electron chi connectivity index (χ0n) is 14.6. The molecule has 26 heavy (non-hydrogen) atoms. The van der Waals surface area contributed by atoms with E-state index in [0.29, 0.717) is 18.8 Å². The van der Waals surface area contributed by atoms with Gasteiger partial charge in [-0.2, -0.15) is 0 Å². The molecule has 4 nitrogen and oxygen atoms in total. The minimum atomic E-state index is -0.0399. The van der Waals surface area contributed by atoms with E-state index in [-0.39, 0.29) is 5.91 Å². The maximum atomic E-state index is 12.7. The number of hydrogen-bond donors (Lipinski definition) is 1. The smallest absolute Gasteiger partial charge is 0.270 e. The molecule has 0 saturated heterocycles. The van der Waals surface area contributed by atoms with Crippen LogP contribution in [0.1, 0.15) is 10.5 Å². The quantitative estimate of drug-likeness (QED) is 0.580. The summed E-state index contributed by atoms with van der Waals surface area (Å²) in [6.07, 6.45) is 0. The molecule has 4 aromatic rings. The van der Waals surface area contributed by atoms with Gasteiger partial charge in [0.15, 0.2) is 0 Å². The first-order chi connectivity index (χ1) is 12.7. The van der Waals surface area contributed by atoms with E-state index in [9.17, 15) is 4.79 Å². The summed E-state index contributed by atoms with van der Waals surface area (Å²) in [5, 5.41) is 3.39. The first-order valence-corrected chi connectivity index (χ1v) is 8.66. The molecule has 1 amide bonds. The second kappa shape index (κ2) is 6.92. The average Bonchev–Trinajstić information content (AvgIpc) is 3.13. The molecule has 0 aliphatic carbocycles. The minimum Gasteiger partial charge on any atom is -0.492 e. The number of carbonyl (C=O) groups is 1. The highest BCUT2D eigenvalue weighted by Crippen LogP contribution is 2.26. The lowest BCUT2D eigenvalue weighted by molar-refractivity contribution is 0.0769. The number of fused-ring (bicyclic) bond motifs is 3. The molecule has 0 saturated carbocycles. The zero-order valence-corrected chi connectivity index (χ0v) is 14.6. The number of benzene rings is 3. The number of nitrogens with zero attached hydrogens (tertiary/aromatic N) is 1. The Morgan fingerprint density at radius 3 is 2.58 bits per heavy atom. The fourth-order valence-electron chi connectivity index (χ4n) is 3.13. The van der Waals surface area contributed by atoms with Crippen LogP contribution in [-0.4, -0.2) is 36.0 Å². The summed E-state index contributed by atoms with van der Waals surface area (Å²) in [6.45, 7) is 0.971. The van der Waals surface area contributed by atoms with Crippen molar-refractivity contribution >= 4 is 27.6 Å². The normalized spacial score (nSPS) is 11.0. The summed E-state index contributed by atoms with van der Waals surface area (Å²) in [5.74, 6) is 0.771. The lowest BCUT2D eigenvalue weighted by Crippen LogP contribution is -2.31. The van der Waals surface area contributed by atoms with Crippen molar-refractivity contribution in [3.63, 3.8) is 0 Å². The zero-order chi connectivity index (χ0) is 17.9. The predicted molar refractivity (Wildman–Crippen MR) is 105 cm³/mol. The molecule has 0 spiro atoms. The number of aromatic nitrogens is 1. The van der Waals surface area contributed by atoms with E-state index in [1.54, 1.807) is 11.9 Å². The standard InChI is InChI=1S/C22H20N2O2/c1-24(13-14-26-17-8-3-2-4-9-17)22(25)21-15-19-18-10-6-5-7-16(18)11-12-20(19)23-21/h2-12,15,23H,13-14H2,1H3. The summed E-state index contributed by atoms with van der Waals surface area (Å²) in [4.78, 5) is 17.7. The Balaban J connectivity index is 1.49. The van der Waals surface area contributed by atoms with Crippen LogP contribution in [0.3, 0.4) is 0 Å². The van der Waals surface area contributed by atoms with Crippen LogP contribution in [0, 0.1) is 0 Å². The molecule has 0 fully saturated rings. The third-order valence-corrected chi connectivity index (χ3v) is 4.54. The van der Waals surface area contributed by atoms with Gasteiger partial charge in [0.05, 0.1) is 6.54 Å². The highest BCUT2D eigenvalue weighted by Gasteiger charge is 2.15. The Morgan fingerprint density at radius 1 is 0.962 bits per heavy atom. The largest absolute Gasteiger partial charge is 0.492 e. The molecule has 0 radical (unpaired) electrons. The molecule has 0 aliphatic heterocycles. The molecule has 4 rings (SSSR count). The molecule has 0 bridgehead atoms. The molecule has 0 unspecified atom stereocenters. The molecule has 130 valence electrons. The number of likely N-dealkylation sites (N-methyl/N-ethyl adjacent to an activating group) is 1. The number of ether oxygens (including phenoxy) is 1. The lowest BCUT2D eigenvalue weighted by atomic mass is 10.1. The van der Waals surface area contributed by atoms with Crippen LogP contribution in [0.15, 0.2) is 72.8 Å². The van der Waals surface area contributed by atoms with Crippen molar-refractivity contribution in [3.05, 3.63) is 78.5 Å². The first-order valence-electron chi connectivity index (χ1n) is 8.66. The molecule has 0 atom stereocenters. The van der Waals surface area contributed by atoms with Crippen LogP contribution in [0.5, 0.6) is 5.75 Å². The van der Waals surface area contributed by atoms with Crippen molar-refractivity contribution in [3.8, 4) is 5.75 Å². The summed E-state index contributed by atoms with van der Waals surface area (Å²) >= 11 is 0. The van der Waals surface area contributed by atoms with Gasteiger partial charge < -0.3 is 14.6 Å². The van der Waals surface area contributed by atoms with Gasteiger partial charge in [-0.3, -0.25) is 4.79 Å². The lowest BCUT2D eigenvalue weighted by Gasteiger charge is -2.16. The summed E-state index contributed by atoms with van der Waals surface area (Å²) in [5.41, 5.74) is 1.57. The molecule has 4 heteroatoms. The molecular formula is C22H20N2O2. The number of carbonyl (C=O) groups excluding carboxylic acids is 1. The van der Waals surface area contributed by atoms with Gasteiger partial charge in [-0.25, -0.2) is 0 Å². The minimum absolute atomic E-state index is 0.0399. The Bertz CT molecular complexity index is 1050. The number of aromatic amines is 1. The van der Waals surface area contributed by atoms with Crippen molar-refractivity contribution in [1.29, 1.82) is 0 Å². The van der Waals surface area contributed by atoms with Crippen LogP contribution in [0.25, 0.3) is 21.7 Å². The summed E-state index contributed by atoms with van der Waals surface area (Å²) in [6, 6.07) is 23.8. The van der Waals surface area contributed by atoms with Crippen LogP contribution in [0.4, 0.5) is 0 Å². The number of hydrogen-bond acceptors (Lipinski definition) is 2.